The van der Waals surface area contributed by atoms with Gasteiger partial charge >= 0.3 is 0 Å². The van der Waals surface area contributed by atoms with Gasteiger partial charge < -0.3 is 5.32 Å². The lowest BCUT2D eigenvalue weighted by Gasteiger charge is -2.22. The van der Waals surface area contributed by atoms with Gasteiger partial charge in [0.2, 0.25) is 15.9 Å². The SMILES string of the molecule is CC(C(=O)Nc1cccc(S(=O)(=O)N(C)C)c1)N1CCCC1. The number of amides is 1. The Kier molecular flexibility index (Phi) is 5.20. The monoisotopic (exact) mass is 325 g/mol. The van der Waals surface area contributed by atoms with Crippen molar-refractivity contribution >= 4 is 21.6 Å². The van der Waals surface area contributed by atoms with Gasteiger partial charge in [-0.1, -0.05) is 6.07 Å². The maximum atomic E-state index is 12.3. The molecule has 7 heteroatoms. The van der Waals surface area contributed by atoms with Crippen LogP contribution in [0, 0.1) is 0 Å². The van der Waals surface area contributed by atoms with E-state index in [1.165, 1.54) is 26.2 Å². The molecule has 1 aromatic rings. The maximum Gasteiger partial charge on any atom is 0.242 e. The van der Waals surface area contributed by atoms with Crippen molar-refractivity contribution in [1.82, 2.24) is 9.21 Å². The summed E-state index contributed by atoms with van der Waals surface area (Å²) < 4.78 is 25.4. The van der Waals surface area contributed by atoms with E-state index < -0.39 is 10.0 Å². The molecule has 1 N–H and O–H groups in total. The van der Waals surface area contributed by atoms with E-state index in [0.29, 0.717) is 5.69 Å². The summed E-state index contributed by atoms with van der Waals surface area (Å²) in [7, 11) is -0.535. The molecule has 1 fully saturated rings. The third-order valence-electron chi connectivity index (χ3n) is 3.95. The quantitative estimate of drug-likeness (QED) is 0.887. The fourth-order valence-electron chi connectivity index (χ4n) is 2.49. The zero-order valence-corrected chi connectivity index (χ0v) is 14.1. The topological polar surface area (TPSA) is 69.7 Å². The highest BCUT2D eigenvalue weighted by atomic mass is 32.2. The summed E-state index contributed by atoms with van der Waals surface area (Å²) in [5.41, 5.74) is 0.499. The Morgan fingerprint density at radius 3 is 2.50 bits per heavy atom. The van der Waals surface area contributed by atoms with Gasteiger partial charge in [-0.25, -0.2) is 12.7 Å². The summed E-state index contributed by atoms with van der Waals surface area (Å²) in [5.74, 6) is -0.110. The Hall–Kier alpha value is -1.44. The summed E-state index contributed by atoms with van der Waals surface area (Å²) in [6, 6.07) is 6.13. The molecule has 0 saturated carbocycles. The highest BCUT2D eigenvalue weighted by Crippen LogP contribution is 2.19. The molecule has 2 rings (SSSR count). The first-order chi connectivity index (χ1) is 10.3. The minimum Gasteiger partial charge on any atom is -0.325 e. The van der Waals surface area contributed by atoms with Gasteiger partial charge in [-0.3, -0.25) is 9.69 Å². The summed E-state index contributed by atoms with van der Waals surface area (Å²) >= 11 is 0. The Bertz CT molecular complexity index is 637. The molecule has 0 aliphatic carbocycles. The van der Waals surface area contributed by atoms with E-state index in [1.54, 1.807) is 12.1 Å². The van der Waals surface area contributed by atoms with Crippen LogP contribution in [0.5, 0.6) is 0 Å². The van der Waals surface area contributed by atoms with E-state index in [-0.39, 0.29) is 16.8 Å². The number of nitrogens with one attached hydrogen (secondary N) is 1. The van der Waals surface area contributed by atoms with Gasteiger partial charge in [-0.2, -0.15) is 0 Å². The van der Waals surface area contributed by atoms with Gasteiger partial charge in [0.15, 0.2) is 0 Å². The largest absolute Gasteiger partial charge is 0.325 e. The number of hydrogen-bond acceptors (Lipinski definition) is 4. The zero-order valence-electron chi connectivity index (χ0n) is 13.2. The van der Waals surface area contributed by atoms with Crippen molar-refractivity contribution in [3.63, 3.8) is 0 Å². The lowest BCUT2D eigenvalue weighted by atomic mass is 10.2. The molecular weight excluding hydrogens is 302 g/mol. The molecule has 1 aliphatic rings. The molecule has 0 spiro atoms. The van der Waals surface area contributed by atoms with Gasteiger partial charge in [0.05, 0.1) is 10.9 Å². The number of anilines is 1. The van der Waals surface area contributed by atoms with Crippen LogP contribution in [0.25, 0.3) is 0 Å². The van der Waals surface area contributed by atoms with Crippen LogP contribution < -0.4 is 5.32 Å². The van der Waals surface area contributed by atoms with Crippen LogP contribution in [-0.2, 0) is 14.8 Å². The number of sulfonamides is 1. The molecule has 1 amide bonds. The van der Waals surface area contributed by atoms with Crippen molar-refractivity contribution in [2.24, 2.45) is 0 Å². The first-order valence-electron chi connectivity index (χ1n) is 7.40. The second kappa shape index (κ2) is 6.76. The van der Waals surface area contributed by atoms with Crippen molar-refractivity contribution in [3.05, 3.63) is 24.3 Å². The number of rotatable bonds is 5. The normalized spacial score (nSPS) is 17.6. The summed E-state index contributed by atoms with van der Waals surface area (Å²) in [5, 5.41) is 2.81. The third-order valence-corrected chi connectivity index (χ3v) is 5.76. The van der Waals surface area contributed by atoms with Gasteiger partial charge in [0, 0.05) is 19.8 Å². The smallest absolute Gasteiger partial charge is 0.242 e. The van der Waals surface area contributed by atoms with Gasteiger partial charge in [0.25, 0.3) is 0 Å². The van der Waals surface area contributed by atoms with Gasteiger partial charge in [-0.05, 0) is 51.1 Å². The van der Waals surface area contributed by atoms with Crippen LogP contribution >= 0.6 is 0 Å². The molecule has 1 aliphatic heterocycles. The van der Waals surface area contributed by atoms with Crippen molar-refractivity contribution in [2.45, 2.75) is 30.7 Å². The average molecular weight is 325 g/mol. The van der Waals surface area contributed by atoms with E-state index in [4.69, 9.17) is 0 Å². The van der Waals surface area contributed by atoms with Crippen LogP contribution in [0.1, 0.15) is 19.8 Å². The van der Waals surface area contributed by atoms with E-state index >= 15 is 0 Å². The van der Waals surface area contributed by atoms with Crippen LogP contribution in [0.2, 0.25) is 0 Å². The molecule has 0 aromatic heterocycles. The number of likely N-dealkylation sites (tertiary alicyclic amines) is 1. The second-order valence-electron chi connectivity index (χ2n) is 5.72. The van der Waals surface area contributed by atoms with Gasteiger partial charge in [0.1, 0.15) is 0 Å². The molecule has 122 valence electrons. The van der Waals surface area contributed by atoms with Crippen molar-refractivity contribution in [2.75, 3.05) is 32.5 Å². The standard InChI is InChI=1S/C15H23N3O3S/c1-12(18-9-4-5-10-18)15(19)16-13-7-6-8-14(11-13)22(20,21)17(2)3/h6-8,11-12H,4-5,9-10H2,1-3H3,(H,16,19). The molecule has 6 nitrogen and oxygen atoms in total. The molecule has 0 radical (unpaired) electrons. The Morgan fingerprint density at radius 1 is 1.27 bits per heavy atom. The molecule has 22 heavy (non-hydrogen) atoms. The minimum atomic E-state index is -3.50. The van der Waals surface area contributed by atoms with E-state index in [0.717, 1.165) is 30.2 Å². The Balaban J connectivity index is 2.12. The Morgan fingerprint density at radius 2 is 1.91 bits per heavy atom. The molecule has 1 unspecified atom stereocenters. The fourth-order valence-corrected chi connectivity index (χ4v) is 3.43. The fraction of sp³-hybridized carbons (Fsp3) is 0.533. The van der Waals surface area contributed by atoms with E-state index in [1.807, 2.05) is 6.92 Å². The average Bonchev–Trinajstić information content (AvgIpc) is 3.00. The predicted octanol–water partition coefficient (Wildman–Crippen LogP) is 1.36. The number of nitrogens with zero attached hydrogens (tertiary/aromatic N) is 2. The molecule has 1 heterocycles. The molecule has 1 aromatic carbocycles. The highest BCUT2D eigenvalue weighted by Gasteiger charge is 2.24. The number of carbonyl (C=O) groups excluding carboxylic acids is 1. The maximum absolute atomic E-state index is 12.3. The van der Waals surface area contributed by atoms with Crippen LogP contribution in [-0.4, -0.2) is 56.8 Å². The second-order valence-corrected chi connectivity index (χ2v) is 7.88. The van der Waals surface area contributed by atoms with Crippen LogP contribution in [0.15, 0.2) is 29.2 Å². The first kappa shape index (κ1) is 16.9. The molecular formula is C15H23N3O3S. The first-order valence-corrected chi connectivity index (χ1v) is 8.84. The van der Waals surface area contributed by atoms with Gasteiger partial charge in [-0.15, -0.1) is 0 Å². The van der Waals surface area contributed by atoms with Crippen LogP contribution in [0.3, 0.4) is 0 Å². The summed E-state index contributed by atoms with van der Waals surface area (Å²) in [6.45, 7) is 3.74. The predicted molar refractivity (Wildman–Crippen MR) is 86.2 cm³/mol. The van der Waals surface area contributed by atoms with Crippen LogP contribution in [0.4, 0.5) is 5.69 Å². The van der Waals surface area contributed by atoms with E-state index in [9.17, 15) is 13.2 Å². The molecule has 1 atom stereocenters. The summed E-state index contributed by atoms with van der Waals surface area (Å²) in [4.78, 5) is 14.6. The van der Waals surface area contributed by atoms with E-state index in [2.05, 4.69) is 10.2 Å². The zero-order chi connectivity index (χ0) is 16.3. The van der Waals surface area contributed by atoms with Crippen molar-refractivity contribution < 1.29 is 13.2 Å². The lowest BCUT2D eigenvalue weighted by Crippen LogP contribution is -2.40. The highest BCUT2D eigenvalue weighted by molar-refractivity contribution is 7.89. The van der Waals surface area contributed by atoms with Crippen molar-refractivity contribution in [1.29, 1.82) is 0 Å². The third kappa shape index (κ3) is 3.66. The van der Waals surface area contributed by atoms with Crippen molar-refractivity contribution in [3.8, 4) is 0 Å². The Labute approximate surface area is 132 Å². The summed E-state index contributed by atoms with van der Waals surface area (Å²) in [6.07, 6.45) is 2.24. The molecule has 1 saturated heterocycles. The minimum absolute atomic E-state index is 0.110. The molecule has 0 bridgehead atoms. The number of hydrogen-bond donors (Lipinski definition) is 1. The number of benzene rings is 1. The number of carbonyl (C=O) groups is 1. The lowest BCUT2D eigenvalue weighted by molar-refractivity contribution is -0.120.